The summed E-state index contributed by atoms with van der Waals surface area (Å²) in [6, 6.07) is 5.84. The molecule has 0 radical (unpaired) electrons. The van der Waals surface area contributed by atoms with Crippen LogP contribution < -0.4 is 21.7 Å². The topological polar surface area (TPSA) is 206 Å². The number of nitrogen functional groups attached to an aromatic ring is 2. The van der Waals surface area contributed by atoms with Crippen LogP contribution in [0.25, 0.3) is 11.2 Å². The lowest BCUT2D eigenvalue weighted by Crippen LogP contribution is -2.43. The van der Waals surface area contributed by atoms with Crippen LogP contribution in [0, 0.1) is 0 Å². The van der Waals surface area contributed by atoms with Crippen LogP contribution in [-0.4, -0.2) is 74.1 Å². The van der Waals surface area contributed by atoms with Crippen molar-refractivity contribution in [3.63, 3.8) is 0 Å². The van der Waals surface area contributed by atoms with Crippen molar-refractivity contribution in [3.8, 4) is 0 Å². The molecule has 1 aromatic carbocycles. The number of carbonyl (C=O) groups is 3. The number of esters is 2. The zero-order chi connectivity index (χ0) is 29.5. The summed E-state index contributed by atoms with van der Waals surface area (Å²) >= 11 is 0. The fraction of sp³-hybridized carbons (Fsp3) is 0.308. The molecule has 41 heavy (non-hydrogen) atoms. The Balaban J connectivity index is 1.39. The van der Waals surface area contributed by atoms with Gasteiger partial charge in [0.25, 0.3) is 5.91 Å². The monoisotopic (exact) mass is 562 g/mol. The van der Waals surface area contributed by atoms with Gasteiger partial charge in [-0.3, -0.25) is 9.59 Å². The third-order valence-corrected chi connectivity index (χ3v) is 5.98. The Labute approximate surface area is 234 Å². The smallest absolute Gasteiger partial charge is 0.328 e. The highest BCUT2D eigenvalue weighted by molar-refractivity contribution is 5.97. The van der Waals surface area contributed by atoms with Gasteiger partial charge in [-0.2, -0.15) is 9.97 Å². The Bertz CT molecular complexity index is 1560. The van der Waals surface area contributed by atoms with E-state index in [4.69, 9.17) is 20.9 Å². The maximum Gasteiger partial charge on any atom is 0.328 e. The fourth-order valence-electron chi connectivity index (χ4n) is 4.00. The molecule has 3 heterocycles. The van der Waals surface area contributed by atoms with Crippen LogP contribution in [-0.2, 0) is 38.6 Å². The van der Waals surface area contributed by atoms with Gasteiger partial charge in [-0.15, -0.1) is 0 Å². The molecule has 0 aliphatic carbocycles. The molecule has 1 atom stereocenters. The van der Waals surface area contributed by atoms with Crippen LogP contribution in [0.4, 0.5) is 17.5 Å². The molecule has 0 spiro atoms. The van der Waals surface area contributed by atoms with E-state index in [1.54, 1.807) is 48.1 Å². The molecule has 5 N–H and O–H groups in total. The van der Waals surface area contributed by atoms with Gasteiger partial charge in [0, 0.05) is 30.9 Å². The van der Waals surface area contributed by atoms with Crippen molar-refractivity contribution >= 4 is 46.5 Å². The zero-order valence-corrected chi connectivity index (χ0v) is 22.8. The summed E-state index contributed by atoms with van der Waals surface area (Å²) in [6.45, 7) is 2.38. The highest BCUT2D eigenvalue weighted by Gasteiger charge is 2.24. The second-order valence-electron chi connectivity index (χ2n) is 9.00. The van der Waals surface area contributed by atoms with Crippen LogP contribution in [0.5, 0.6) is 0 Å². The maximum atomic E-state index is 13.0. The molecule has 1 amide bonds. The van der Waals surface area contributed by atoms with E-state index in [1.807, 2.05) is 11.9 Å². The van der Waals surface area contributed by atoms with Crippen LogP contribution in [0.15, 0.2) is 43.0 Å². The van der Waals surface area contributed by atoms with Gasteiger partial charge in [-0.1, -0.05) is 0 Å². The summed E-state index contributed by atoms with van der Waals surface area (Å²) in [6.07, 6.45) is 4.73. The van der Waals surface area contributed by atoms with Gasteiger partial charge >= 0.3 is 11.9 Å². The van der Waals surface area contributed by atoms with E-state index < -0.39 is 23.9 Å². The second kappa shape index (κ2) is 12.7. The quantitative estimate of drug-likeness (QED) is 0.213. The van der Waals surface area contributed by atoms with E-state index in [9.17, 15) is 14.4 Å². The van der Waals surface area contributed by atoms with Crippen LogP contribution in [0.3, 0.4) is 0 Å². The van der Waals surface area contributed by atoms with Gasteiger partial charge in [0.1, 0.15) is 12.6 Å². The molecule has 4 aromatic rings. The van der Waals surface area contributed by atoms with E-state index in [-0.39, 0.29) is 31.3 Å². The molecule has 15 heteroatoms. The van der Waals surface area contributed by atoms with Gasteiger partial charge in [0.15, 0.2) is 17.0 Å². The van der Waals surface area contributed by atoms with Crippen molar-refractivity contribution in [2.75, 3.05) is 37.1 Å². The Morgan fingerprint density at radius 2 is 1.83 bits per heavy atom. The van der Waals surface area contributed by atoms with E-state index >= 15 is 0 Å². The predicted octanol–water partition coefficient (Wildman–Crippen LogP) is 0.494. The lowest BCUT2D eigenvalue weighted by molar-refractivity contribution is -0.144. The number of nitrogens with two attached hydrogens (primary N) is 2. The number of benzene rings is 1. The number of imidazole rings is 1. The number of rotatable bonds is 11. The number of ether oxygens (including phenoxy) is 2. The number of nitrogens with zero attached hydrogens (tertiary/aromatic N) is 7. The van der Waals surface area contributed by atoms with Crippen molar-refractivity contribution in [1.82, 2.24) is 34.8 Å². The Morgan fingerprint density at radius 1 is 1.07 bits per heavy atom. The normalized spacial score (nSPS) is 11.6. The van der Waals surface area contributed by atoms with Gasteiger partial charge in [0.2, 0.25) is 5.95 Å². The Morgan fingerprint density at radius 3 is 2.54 bits per heavy atom. The van der Waals surface area contributed by atoms with Gasteiger partial charge in [0.05, 0.1) is 44.2 Å². The standard InChI is InChI=1S/C26H30N10O5/c1-4-41-20(37)13-36-12-16(30-14-36)9-19(25(39)40-3)32-24(38)15-5-7-18(8-6-15)35(2)11-17-10-29-23-21(31-17)22(27)33-26(28)34-23/h5-8,10,12,14,19H,4,9,11,13H2,1-3H3,(H,32,38)(H4,27,28,29,33,34)/t19-/m0/s1. The lowest BCUT2D eigenvalue weighted by atomic mass is 10.1. The van der Waals surface area contributed by atoms with Crippen molar-refractivity contribution < 1.29 is 23.9 Å². The fourth-order valence-corrected chi connectivity index (χ4v) is 4.00. The van der Waals surface area contributed by atoms with Crippen LogP contribution in [0.2, 0.25) is 0 Å². The average molecular weight is 563 g/mol. The van der Waals surface area contributed by atoms with E-state index in [0.29, 0.717) is 34.7 Å². The summed E-state index contributed by atoms with van der Waals surface area (Å²) in [4.78, 5) is 59.9. The number of hydrogen-bond acceptors (Lipinski definition) is 13. The van der Waals surface area contributed by atoms with Crippen LogP contribution in [0.1, 0.15) is 28.7 Å². The minimum atomic E-state index is -0.987. The minimum absolute atomic E-state index is 0.0120. The SMILES string of the molecule is CCOC(=O)Cn1cnc(C[C@H](NC(=O)c2ccc(N(C)Cc3cnc4nc(N)nc(N)c4n3)cc2)C(=O)OC)c1. The number of nitrogens with one attached hydrogen (secondary N) is 1. The van der Waals surface area contributed by atoms with Crippen molar-refractivity contribution in [2.45, 2.75) is 32.5 Å². The highest BCUT2D eigenvalue weighted by Crippen LogP contribution is 2.19. The van der Waals surface area contributed by atoms with Crippen molar-refractivity contribution in [3.05, 3.63) is 59.9 Å². The predicted molar refractivity (Wildman–Crippen MR) is 148 cm³/mol. The summed E-state index contributed by atoms with van der Waals surface area (Å²) in [5, 5.41) is 2.70. The molecular weight excluding hydrogens is 532 g/mol. The van der Waals surface area contributed by atoms with E-state index in [2.05, 4.69) is 30.2 Å². The van der Waals surface area contributed by atoms with E-state index in [0.717, 1.165) is 5.69 Å². The summed E-state index contributed by atoms with van der Waals surface area (Å²) in [7, 11) is 3.10. The summed E-state index contributed by atoms with van der Waals surface area (Å²) in [5.41, 5.74) is 14.5. The molecule has 0 aliphatic rings. The number of fused-ring (bicyclic) bond motifs is 1. The van der Waals surface area contributed by atoms with Crippen LogP contribution >= 0.6 is 0 Å². The molecule has 0 fully saturated rings. The molecule has 0 unspecified atom stereocenters. The number of methoxy groups -OCH3 is 1. The first-order chi connectivity index (χ1) is 19.7. The van der Waals surface area contributed by atoms with Crippen molar-refractivity contribution in [1.29, 1.82) is 0 Å². The maximum absolute atomic E-state index is 13.0. The molecule has 4 rings (SSSR count). The molecule has 0 bridgehead atoms. The molecular formula is C26H30N10O5. The summed E-state index contributed by atoms with van der Waals surface area (Å²) < 4.78 is 11.3. The molecule has 3 aromatic heterocycles. The molecule has 0 saturated heterocycles. The molecule has 15 nitrogen and oxygen atoms in total. The van der Waals surface area contributed by atoms with Gasteiger partial charge in [-0.05, 0) is 31.2 Å². The third kappa shape index (κ3) is 7.20. The third-order valence-electron chi connectivity index (χ3n) is 5.98. The average Bonchev–Trinajstić information content (AvgIpc) is 3.39. The number of aromatic nitrogens is 6. The van der Waals surface area contributed by atoms with Crippen molar-refractivity contribution in [2.24, 2.45) is 0 Å². The number of carbonyl (C=O) groups excluding carboxylic acids is 3. The second-order valence-corrected chi connectivity index (χ2v) is 9.00. The first kappa shape index (κ1) is 28.7. The van der Waals surface area contributed by atoms with Gasteiger partial charge in [-0.25, -0.2) is 19.7 Å². The zero-order valence-electron chi connectivity index (χ0n) is 22.8. The minimum Gasteiger partial charge on any atom is -0.467 e. The molecule has 0 saturated carbocycles. The summed E-state index contributed by atoms with van der Waals surface area (Å²) in [5.74, 6) is -1.32. The largest absolute Gasteiger partial charge is 0.467 e. The molecule has 214 valence electrons. The van der Waals surface area contributed by atoms with Gasteiger partial charge < -0.3 is 35.7 Å². The van der Waals surface area contributed by atoms with E-state index in [1.165, 1.54) is 13.4 Å². The first-order valence-corrected chi connectivity index (χ1v) is 12.6. The highest BCUT2D eigenvalue weighted by atomic mass is 16.5. The Hall–Kier alpha value is -5.34. The number of amides is 1. The number of anilines is 3. The lowest BCUT2D eigenvalue weighted by Gasteiger charge is -2.20. The molecule has 0 aliphatic heterocycles. The first-order valence-electron chi connectivity index (χ1n) is 12.6. The number of hydrogen-bond donors (Lipinski definition) is 3. The Kier molecular flexibility index (Phi) is 8.86.